The highest BCUT2D eigenvalue weighted by atomic mass is 16.4. The lowest BCUT2D eigenvalue weighted by atomic mass is 10.1. The van der Waals surface area contributed by atoms with Gasteiger partial charge in [-0.1, -0.05) is 19.1 Å². The molecule has 1 fully saturated rings. The number of aliphatic hydroxyl groups excluding tert-OH is 1. The smallest absolute Gasteiger partial charge is 0.326 e. The molecule has 1 aromatic carbocycles. The van der Waals surface area contributed by atoms with E-state index < -0.39 is 24.1 Å². The molecule has 108 valence electrons. The third-order valence-electron chi connectivity index (χ3n) is 3.44. The second kappa shape index (κ2) is 5.92. The Kier molecular flexibility index (Phi) is 4.24. The topological polar surface area (TPSA) is 89.9 Å². The SMILES string of the molecule is CCc1ccc(NC(=O)N2C[C@H](O)C[C@H]2C(=O)O)cc1. The number of likely N-dealkylation sites (tertiary alicyclic amines) is 1. The van der Waals surface area contributed by atoms with Crippen LogP contribution in [0.3, 0.4) is 0 Å². The number of hydrogen-bond acceptors (Lipinski definition) is 3. The number of nitrogens with zero attached hydrogens (tertiary/aromatic N) is 1. The van der Waals surface area contributed by atoms with Crippen LogP contribution in [0.1, 0.15) is 18.9 Å². The van der Waals surface area contributed by atoms with Crippen LogP contribution in [0, 0.1) is 0 Å². The van der Waals surface area contributed by atoms with Gasteiger partial charge >= 0.3 is 12.0 Å². The molecule has 3 N–H and O–H groups in total. The van der Waals surface area contributed by atoms with Crippen molar-refractivity contribution in [2.45, 2.75) is 31.9 Å². The molecule has 6 nitrogen and oxygen atoms in total. The predicted molar refractivity (Wildman–Crippen MR) is 73.6 cm³/mol. The zero-order valence-corrected chi connectivity index (χ0v) is 11.2. The van der Waals surface area contributed by atoms with Crippen molar-refractivity contribution in [3.8, 4) is 0 Å². The van der Waals surface area contributed by atoms with Crippen molar-refractivity contribution < 1.29 is 19.8 Å². The van der Waals surface area contributed by atoms with Gasteiger partial charge in [-0.25, -0.2) is 9.59 Å². The summed E-state index contributed by atoms with van der Waals surface area (Å²) in [5.74, 6) is -1.10. The van der Waals surface area contributed by atoms with Crippen molar-refractivity contribution >= 4 is 17.7 Å². The van der Waals surface area contributed by atoms with Gasteiger partial charge in [0, 0.05) is 18.7 Å². The highest BCUT2D eigenvalue weighted by molar-refractivity contribution is 5.92. The van der Waals surface area contributed by atoms with E-state index in [1.807, 2.05) is 19.1 Å². The van der Waals surface area contributed by atoms with Crippen molar-refractivity contribution in [1.82, 2.24) is 4.90 Å². The normalized spacial score (nSPS) is 21.8. The van der Waals surface area contributed by atoms with Crippen LogP contribution in [0.5, 0.6) is 0 Å². The molecular weight excluding hydrogens is 260 g/mol. The number of nitrogens with one attached hydrogen (secondary N) is 1. The Morgan fingerprint density at radius 2 is 2.00 bits per heavy atom. The number of aryl methyl sites for hydroxylation is 1. The average molecular weight is 278 g/mol. The van der Waals surface area contributed by atoms with E-state index in [9.17, 15) is 14.7 Å². The van der Waals surface area contributed by atoms with Gasteiger partial charge in [-0.2, -0.15) is 0 Å². The first kappa shape index (κ1) is 14.3. The van der Waals surface area contributed by atoms with Crippen molar-refractivity contribution in [1.29, 1.82) is 0 Å². The molecule has 2 rings (SSSR count). The lowest BCUT2D eigenvalue weighted by molar-refractivity contribution is -0.141. The average Bonchev–Trinajstić information content (AvgIpc) is 2.82. The highest BCUT2D eigenvalue weighted by Crippen LogP contribution is 2.20. The molecule has 0 unspecified atom stereocenters. The number of carboxylic acid groups (broad SMARTS) is 1. The Morgan fingerprint density at radius 3 is 2.55 bits per heavy atom. The lowest BCUT2D eigenvalue weighted by Crippen LogP contribution is -2.43. The Hall–Kier alpha value is -2.08. The molecule has 6 heteroatoms. The standard InChI is InChI=1S/C14H18N2O4/c1-2-9-3-5-10(6-4-9)15-14(20)16-8-11(17)7-12(16)13(18)19/h3-6,11-12,17H,2,7-8H2,1H3,(H,15,20)(H,18,19)/t11-,12+/m1/s1. The minimum absolute atomic E-state index is 0.0375. The van der Waals surface area contributed by atoms with Gasteiger partial charge in [-0.15, -0.1) is 0 Å². The molecule has 0 bridgehead atoms. The zero-order chi connectivity index (χ0) is 14.7. The summed E-state index contributed by atoms with van der Waals surface area (Å²) in [4.78, 5) is 24.3. The lowest BCUT2D eigenvalue weighted by Gasteiger charge is -2.21. The molecule has 1 heterocycles. The molecule has 0 radical (unpaired) electrons. The van der Waals surface area contributed by atoms with Crippen LogP contribution in [0.4, 0.5) is 10.5 Å². The van der Waals surface area contributed by atoms with Crippen LogP contribution in [0.15, 0.2) is 24.3 Å². The summed E-state index contributed by atoms with van der Waals surface area (Å²) in [6.07, 6.45) is 0.190. The van der Waals surface area contributed by atoms with E-state index in [0.29, 0.717) is 5.69 Å². The molecule has 0 saturated carbocycles. The number of carbonyl (C=O) groups is 2. The first-order valence-electron chi connectivity index (χ1n) is 6.58. The number of rotatable bonds is 3. The van der Waals surface area contributed by atoms with Crippen LogP contribution < -0.4 is 5.32 Å². The number of β-amino-alcohol motifs (C(OH)–C–C–N with tert-alkyl or cyclic N) is 1. The van der Waals surface area contributed by atoms with Gasteiger partial charge in [0.2, 0.25) is 0 Å². The van der Waals surface area contributed by atoms with E-state index in [1.165, 1.54) is 0 Å². The van der Waals surface area contributed by atoms with Crippen molar-refractivity contribution in [3.63, 3.8) is 0 Å². The summed E-state index contributed by atoms with van der Waals surface area (Å²) in [5.41, 5.74) is 1.76. The minimum atomic E-state index is -1.10. The molecule has 1 aliphatic heterocycles. The fraction of sp³-hybridized carbons (Fsp3) is 0.429. The number of amides is 2. The summed E-state index contributed by atoms with van der Waals surface area (Å²) in [6, 6.07) is 5.89. The van der Waals surface area contributed by atoms with Crippen LogP contribution in [-0.4, -0.2) is 45.8 Å². The first-order valence-corrected chi connectivity index (χ1v) is 6.58. The highest BCUT2D eigenvalue weighted by Gasteiger charge is 2.38. The molecule has 20 heavy (non-hydrogen) atoms. The quantitative estimate of drug-likeness (QED) is 0.777. The molecule has 1 aromatic rings. The predicted octanol–water partition coefficient (Wildman–Crippen LogP) is 1.30. The third kappa shape index (κ3) is 3.08. The molecule has 2 amide bonds. The minimum Gasteiger partial charge on any atom is -0.480 e. The van der Waals surface area contributed by atoms with Gasteiger partial charge < -0.3 is 20.4 Å². The Bertz CT molecular complexity index is 500. The van der Waals surface area contributed by atoms with Crippen LogP contribution in [0.25, 0.3) is 0 Å². The Morgan fingerprint density at radius 1 is 1.35 bits per heavy atom. The van der Waals surface area contributed by atoms with Crippen LogP contribution >= 0.6 is 0 Å². The zero-order valence-electron chi connectivity index (χ0n) is 11.2. The fourth-order valence-corrected chi connectivity index (χ4v) is 2.29. The Balaban J connectivity index is 2.04. The number of urea groups is 1. The van der Waals surface area contributed by atoms with Gasteiger partial charge in [-0.05, 0) is 24.1 Å². The van der Waals surface area contributed by atoms with E-state index in [2.05, 4.69) is 5.32 Å². The maximum Gasteiger partial charge on any atom is 0.326 e. The number of hydrogen-bond donors (Lipinski definition) is 3. The second-order valence-corrected chi connectivity index (χ2v) is 4.88. The molecule has 1 aliphatic rings. The molecule has 0 spiro atoms. The number of benzene rings is 1. The first-order chi connectivity index (χ1) is 9.51. The Labute approximate surface area is 117 Å². The number of carbonyl (C=O) groups excluding carboxylic acids is 1. The van der Waals surface area contributed by atoms with Gasteiger partial charge in [0.1, 0.15) is 6.04 Å². The summed E-state index contributed by atoms with van der Waals surface area (Å²) in [7, 11) is 0. The number of anilines is 1. The molecule has 1 saturated heterocycles. The van der Waals surface area contributed by atoms with Gasteiger partial charge in [0.15, 0.2) is 0 Å². The van der Waals surface area contributed by atoms with E-state index in [4.69, 9.17) is 5.11 Å². The van der Waals surface area contributed by atoms with Gasteiger partial charge in [-0.3, -0.25) is 0 Å². The molecule has 0 aliphatic carbocycles. The van der Waals surface area contributed by atoms with Crippen molar-refractivity contribution in [3.05, 3.63) is 29.8 Å². The van der Waals surface area contributed by atoms with E-state index in [0.717, 1.165) is 16.9 Å². The number of aliphatic carboxylic acids is 1. The van der Waals surface area contributed by atoms with Crippen molar-refractivity contribution in [2.24, 2.45) is 0 Å². The molecular formula is C14H18N2O4. The van der Waals surface area contributed by atoms with E-state index in [1.54, 1.807) is 12.1 Å². The van der Waals surface area contributed by atoms with Crippen LogP contribution in [0.2, 0.25) is 0 Å². The number of aliphatic hydroxyl groups is 1. The summed E-state index contributed by atoms with van der Waals surface area (Å²) in [5, 5.41) is 21.2. The second-order valence-electron chi connectivity index (χ2n) is 4.88. The summed E-state index contributed by atoms with van der Waals surface area (Å²) >= 11 is 0. The molecule has 2 atom stereocenters. The van der Waals surface area contributed by atoms with E-state index in [-0.39, 0.29) is 13.0 Å². The monoisotopic (exact) mass is 278 g/mol. The summed E-state index contributed by atoms with van der Waals surface area (Å²) < 4.78 is 0. The maximum atomic E-state index is 12.1. The van der Waals surface area contributed by atoms with E-state index >= 15 is 0 Å². The largest absolute Gasteiger partial charge is 0.480 e. The molecule has 0 aromatic heterocycles. The van der Waals surface area contributed by atoms with Gasteiger partial charge in [0.05, 0.1) is 6.10 Å². The third-order valence-corrected chi connectivity index (χ3v) is 3.44. The fourth-order valence-electron chi connectivity index (χ4n) is 2.29. The maximum absolute atomic E-state index is 12.1. The van der Waals surface area contributed by atoms with Crippen molar-refractivity contribution in [2.75, 3.05) is 11.9 Å². The van der Waals surface area contributed by atoms with Crippen LogP contribution in [-0.2, 0) is 11.2 Å². The van der Waals surface area contributed by atoms with Gasteiger partial charge in [0.25, 0.3) is 0 Å². The summed E-state index contributed by atoms with van der Waals surface area (Å²) in [6.45, 7) is 2.08. The number of carboxylic acids is 1.